The molecule has 6 heteroatoms. The summed E-state index contributed by atoms with van der Waals surface area (Å²) in [5, 5.41) is 3.56. The second kappa shape index (κ2) is 11.5. The van der Waals surface area contributed by atoms with Crippen molar-refractivity contribution < 1.29 is 0 Å². The maximum atomic E-state index is 4.89. The van der Waals surface area contributed by atoms with Gasteiger partial charge in [0.25, 0.3) is 0 Å². The normalized spacial score (nSPS) is 16.7. The highest BCUT2D eigenvalue weighted by Crippen LogP contribution is 2.32. The van der Waals surface area contributed by atoms with Gasteiger partial charge in [-0.05, 0) is 92.6 Å². The van der Waals surface area contributed by atoms with Crippen molar-refractivity contribution >= 4 is 5.82 Å². The van der Waals surface area contributed by atoms with Crippen LogP contribution in [0.25, 0.3) is 33.6 Å². The van der Waals surface area contributed by atoms with Crippen LogP contribution in [-0.2, 0) is 6.54 Å². The Labute approximate surface area is 238 Å². The summed E-state index contributed by atoms with van der Waals surface area (Å²) in [6.45, 7) is 13.3. The third kappa shape index (κ3) is 6.57. The van der Waals surface area contributed by atoms with Crippen molar-refractivity contribution in [2.75, 3.05) is 38.0 Å². The quantitative estimate of drug-likeness (QED) is 0.276. The maximum Gasteiger partial charge on any atom is 0.127 e. The average Bonchev–Trinajstić information content (AvgIpc) is 3.81. The van der Waals surface area contributed by atoms with Crippen molar-refractivity contribution in [3.05, 3.63) is 84.8 Å². The van der Waals surface area contributed by atoms with E-state index in [1.807, 2.05) is 36.8 Å². The zero-order valence-corrected chi connectivity index (χ0v) is 24.0. The first kappa shape index (κ1) is 26.6. The fourth-order valence-electron chi connectivity index (χ4n) is 5.44. The number of aromatic nitrogens is 3. The fourth-order valence-corrected chi connectivity index (χ4v) is 5.44. The van der Waals surface area contributed by atoms with Gasteiger partial charge in [-0.1, -0.05) is 24.3 Å². The van der Waals surface area contributed by atoms with Crippen molar-refractivity contribution in [2.24, 2.45) is 5.92 Å². The van der Waals surface area contributed by atoms with Crippen LogP contribution in [0.1, 0.15) is 39.2 Å². The van der Waals surface area contributed by atoms with E-state index < -0.39 is 0 Å². The van der Waals surface area contributed by atoms with E-state index in [1.165, 1.54) is 24.0 Å². The summed E-state index contributed by atoms with van der Waals surface area (Å²) in [4.78, 5) is 19.3. The molecule has 6 rings (SSSR count). The summed E-state index contributed by atoms with van der Waals surface area (Å²) in [6, 6.07) is 21.4. The number of nitrogens with zero attached hydrogens (tertiary/aromatic N) is 5. The number of anilines is 1. The van der Waals surface area contributed by atoms with E-state index in [4.69, 9.17) is 4.98 Å². The first-order valence-corrected chi connectivity index (χ1v) is 14.6. The Morgan fingerprint density at radius 2 is 1.60 bits per heavy atom. The largest absolute Gasteiger partial charge is 0.370 e. The second-order valence-corrected chi connectivity index (χ2v) is 12.3. The van der Waals surface area contributed by atoms with E-state index >= 15 is 0 Å². The molecule has 6 nitrogen and oxygen atoms in total. The van der Waals surface area contributed by atoms with Crippen LogP contribution in [0.5, 0.6) is 0 Å². The van der Waals surface area contributed by atoms with Crippen molar-refractivity contribution in [2.45, 2.75) is 45.7 Å². The van der Waals surface area contributed by atoms with Crippen LogP contribution in [0, 0.1) is 5.92 Å². The lowest BCUT2D eigenvalue weighted by molar-refractivity contribution is 0.0591. The van der Waals surface area contributed by atoms with Crippen molar-refractivity contribution in [1.82, 2.24) is 24.8 Å². The minimum atomic E-state index is 0.241. The number of hydrogen-bond acceptors (Lipinski definition) is 6. The molecule has 0 atom stereocenters. The third-order valence-electron chi connectivity index (χ3n) is 8.08. The molecule has 4 aromatic rings. The molecule has 1 saturated heterocycles. The van der Waals surface area contributed by atoms with Crippen LogP contribution >= 0.6 is 0 Å². The number of pyridine rings is 3. The molecule has 2 aliphatic rings. The highest BCUT2D eigenvalue weighted by molar-refractivity contribution is 5.76. The monoisotopic (exact) mass is 532 g/mol. The Kier molecular flexibility index (Phi) is 7.63. The van der Waals surface area contributed by atoms with E-state index in [1.54, 1.807) is 0 Å². The summed E-state index contributed by atoms with van der Waals surface area (Å²) in [5.41, 5.74) is 7.83. The molecular formula is C34H40N6. The molecule has 40 heavy (non-hydrogen) atoms. The van der Waals surface area contributed by atoms with E-state index in [9.17, 15) is 0 Å². The molecule has 0 amide bonds. The first-order valence-electron chi connectivity index (χ1n) is 14.6. The van der Waals surface area contributed by atoms with E-state index in [0.29, 0.717) is 0 Å². The van der Waals surface area contributed by atoms with Crippen LogP contribution in [0.3, 0.4) is 0 Å². The van der Waals surface area contributed by atoms with Crippen LogP contribution in [0.15, 0.2) is 79.3 Å². The van der Waals surface area contributed by atoms with Crippen LogP contribution in [0.4, 0.5) is 5.82 Å². The fraction of sp³-hybridized carbons (Fsp3) is 0.382. The number of rotatable bonds is 8. The van der Waals surface area contributed by atoms with Crippen LogP contribution in [-0.4, -0.2) is 63.0 Å². The third-order valence-corrected chi connectivity index (χ3v) is 8.08. The van der Waals surface area contributed by atoms with Gasteiger partial charge in [0.1, 0.15) is 5.82 Å². The van der Waals surface area contributed by atoms with Gasteiger partial charge in [0.05, 0.1) is 11.4 Å². The van der Waals surface area contributed by atoms with Gasteiger partial charge in [-0.3, -0.25) is 19.8 Å². The van der Waals surface area contributed by atoms with Gasteiger partial charge in [0.15, 0.2) is 0 Å². The van der Waals surface area contributed by atoms with Gasteiger partial charge in [-0.2, -0.15) is 0 Å². The van der Waals surface area contributed by atoms with E-state index in [2.05, 4.69) is 88.3 Å². The number of hydrogen-bond donors (Lipinski definition) is 1. The molecular weight excluding hydrogens is 492 g/mol. The Morgan fingerprint density at radius 1 is 0.800 bits per heavy atom. The molecule has 1 aliphatic carbocycles. The summed E-state index contributed by atoms with van der Waals surface area (Å²) in [5.74, 6) is 1.66. The Balaban J connectivity index is 1.23. The molecule has 1 saturated carbocycles. The van der Waals surface area contributed by atoms with Gasteiger partial charge >= 0.3 is 0 Å². The van der Waals surface area contributed by atoms with Crippen molar-refractivity contribution in [3.8, 4) is 33.6 Å². The van der Waals surface area contributed by atoms with E-state index in [-0.39, 0.29) is 5.54 Å². The van der Waals surface area contributed by atoms with Crippen LogP contribution in [0.2, 0.25) is 0 Å². The molecule has 206 valence electrons. The summed E-state index contributed by atoms with van der Waals surface area (Å²) < 4.78 is 0. The zero-order chi connectivity index (χ0) is 27.5. The Hall–Kier alpha value is -3.61. The van der Waals surface area contributed by atoms with Crippen LogP contribution < -0.4 is 5.32 Å². The first-order chi connectivity index (χ1) is 19.4. The molecule has 0 unspecified atom stereocenters. The zero-order valence-electron chi connectivity index (χ0n) is 24.0. The minimum Gasteiger partial charge on any atom is -0.370 e. The van der Waals surface area contributed by atoms with E-state index in [0.717, 1.165) is 79.1 Å². The topological polar surface area (TPSA) is 57.2 Å². The number of benzene rings is 1. The van der Waals surface area contributed by atoms with Gasteiger partial charge in [-0.25, -0.2) is 4.98 Å². The number of nitrogens with one attached hydrogen (secondary N) is 1. The molecule has 1 aliphatic heterocycles. The lowest BCUT2D eigenvalue weighted by atomic mass is 10.00. The highest BCUT2D eigenvalue weighted by Gasteiger charge is 2.25. The number of piperazine rings is 1. The Bertz CT molecular complexity index is 1430. The summed E-state index contributed by atoms with van der Waals surface area (Å²) in [7, 11) is 0. The molecule has 0 bridgehead atoms. The summed E-state index contributed by atoms with van der Waals surface area (Å²) >= 11 is 0. The second-order valence-electron chi connectivity index (χ2n) is 12.3. The predicted molar refractivity (Wildman–Crippen MR) is 164 cm³/mol. The molecule has 1 N–H and O–H groups in total. The Morgan fingerprint density at radius 3 is 2.33 bits per heavy atom. The standard InChI is InChI=1S/C34H40N6/c1-34(2,3)40-15-13-39(14-16-40)24-26-7-6-8-27(17-26)29-18-30(23-35-22-29)28-19-32(31-9-4-5-12-36-31)38-33(20-28)37-21-25-10-11-25/h4-9,12,17-20,22-23,25H,10-11,13-16,21,24H2,1-3H3,(H,37,38). The molecule has 0 radical (unpaired) electrons. The maximum absolute atomic E-state index is 4.89. The molecule has 2 fully saturated rings. The smallest absolute Gasteiger partial charge is 0.127 e. The van der Waals surface area contributed by atoms with Gasteiger partial charge < -0.3 is 5.32 Å². The van der Waals surface area contributed by atoms with Crippen molar-refractivity contribution in [1.29, 1.82) is 0 Å². The SMILES string of the molecule is CC(C)(C)N1CCN(Cc2cccc(-c3cncc(-c4cc(NCC5CC5)nc(-c5ccccn5)c4)c3)c2)CC1. The minimum absolute atomic E-state index is 0.241. The molecule has 0 spiro atoms. The van der Waals surface area contributed by atoms with Gasteiger partial charge in [0.2, 0.25) is 0 Å². The molecule has 4 heterocycles. The lowest BCUT2D eigenvalue weighted by Gasteiger charge is -2.42. The predicted octanol–water partition coefficient (Wildman–Crippen LogP) is 6.61. The van der Waals surface area contributed by atoms with Gasteiger partial charge in [-0.15, -0.1) is 0 Å². The highest BCUT2D eigenvalue weighted by atomic mass is 15.3. The summed E-state index contributed by atoms with van der Waals surface area (Å²) in [6.07, 6.45) is 8.35. The lowest BCUT2D eigenvalue weighted by Crippen LogP contribution is -2.53. The molecule has 3 aromatic heterocycles. The van der Waals surface area contributed by atoms with Crippen molar-refractivity contribution in [3.63, 3.8) is 0 Å². The molecule has 1 aromatic carbocycles. The van der Waals surface area contributed by atoms with Gasteiger partial charge in [0, 0.05) is 74.5 Å². The average molecular weight is 533 g/mol.